The molecule has 0 spiro atoms. The zero-order chi connectivity index (χ0) is 22.2. The van der Waals surface area contributed by atoms with Gasteiger partial charge in [-0.05, 0) is 25.1 Å². The molecular formula is C18H25ClF3N3O3Si. The van der Waals surface area contributed by atoms with E-state index < -0.39 is 31.1 Å². The number of pyridine rings is 1. The molecule has 0 unspecified atom stereocenters. The predicted octanol–water partition coefficient (Wildman–Crippen LogP) is 4.37. The first kappa shape index (κ1) is 25.1. The minimum Gasteiger partial charge on any atom is -0.461 e. The maximum Gasteiger partial charge on any atom is 0.433 e. The van der Waals surface area contributed by atoms with E-state index in [9.17, 15) is 18.0 Å². The van der Waals surface area contributed by atoms with E-state index in [1.807, 2.05) is 0 Å². The standard InChI is InChI=1S/C18H25ClF3N3O3Si/c1-5-28-17(26)15(23)13(10-24-11-27-8-9-29(2,3)4)12-6-7-14(18(20,21)22)25-16(12)19/h6-7,10H,5,8-9,11,23H2,1-4H3. The van der Waals surface area contributed by atoms with Gasteiger partial charge in [-0.15, -0.1) is 0 Å². The maximum absolute atomic E-state index is 12.8. The number of halogens is 4. The highest BCUT2D eigenvalue weighted by Gasteiger charge is 2.33. The number of carbonyl (C=O) groups is 1. The van der Waals surface area contributed by atoms with Gasteiger partial charge in [-0.3, -0.25) is 4.99 Å². The Labute approximate surface area is 174 Å². The van der Waals surface area contributed by atoms with Crippen LogP contribution in [0.3, 0.4) is 0 Å². The Morgan fingerprint density at radius 1 is 1.34 bits per heavy atom. The number of aromatic nitrogens is 1. The van der Waals surface area contributed by atoms with Crippen LogP contribution in [0.15, 0.2) is 22.8 Å². The van der Waals surface area contributed by atoms with E-state index in [1.165, 1.54) is 6.21 Å². The normalized spacial score (nSPS) is 13.5. The van der Waals surface area contributed by atoms with Crippen LogP contribution in [-0.2, 0) is 20.4 Å². The molecule has 0 aliphatic carbocycles. The van der Waals surface area contributed by atoms with Gasteiger partial charge in [0.1, 0.15) is 23.3 Å². The quantitative estimate of drug-likeness (QED) is 0.150. The topological polar surface area (TPSA) is 86.8 Å². The number of rotatable bonds is 9. The summed E-state index contributed by atoms with van der Waals surface area (Å²) in [6, 6.07) is 2.78. The molecule has 0 fully saturated rings. The van der Waals surface area contributed by atoms with Crippen LogP contribution in [0, 0.1) is 0 Å². The number of nitrogens with two attached hydrogens (primary N) is 1. The van der Waals surface area contributed by atoms with Crippen molar-refractivity contribution in [3.05, 3.63) is 34.2 Å². The lowest BCUT2D eigenvalue weighted by atomic mass is 10.1. The number of nitrogens with zero attached hydrogens (tertiary/aromatic N) is 2. The van der Waals surface area contributed by atoms with Crippen molar-refractivity contribution in [1.82, 2.24) is 4.98 Å². The molecule has 0 atom stereocenters. The third-order valence-corrected chi connectivity index (χ3v) is 5.59. The summed E-state index contributed by atoms with van der Waals surface area (Å²) in [7, 11) is -1.25. The van der Waals surface area contributed by atoms with Gasteiger partial charge in [0, 0.05) is 32.0 Å². The summed E-state index contributed by atoms with van der Waals surface area (Å²) in [5, 5.41) is -0.465. The molecule has 0 saturated heterocycles. The third-order valence-electron chi connectivity index (χ3n) is 3.60. The molecule has 29 heavy (non-hydrogen) atoms. The minimum absolute atomic E-state index is 0.00321. The fourth-order valence-electron chi connectivity index (χ4n) is 2.02. The maximum atomic E-state index is 12.8. The van der Waals surface area contributed by atoms with Crippen molar-refractivity contribution in [2.24, 2.45) is 10.7 Å². The Hall–Kier alpha value is -1.91. The molecule has 1 rings (SSSR count). The molecule has 0 amide bonds. The summed E-state index contributed by atoms with van der Waals surface area (Å²) >= 11 is 5.93. The average Bonchev–Trinajstić information content (AvgIpc) is 2.59. The van der Waals surface area contributed by atoms with E-state index in [1.54, 1.807) is 6.92 Å². The van der Waals surface area contributed by atoms with E-state index in [-0.39, 0.29) is 30.2 Å². The van der Waals surface area contributed by atoms with E-state index in [0.29, 0.717) is 6.61 Å². The van der Waals surface area contributed by atoms with Crippen LogP contribution >= 0.6 is 11.6 Å². The molecule has 0 radical (unpaired) electrons. The van der Waals surface area contributed by atoms with Crippen LogP contribution < -0.4 is 5.73 Å². The van der Waals surface area contributed by atoms with Gasteiger partial charge < -0.3 is 15.2 Å². The molecule has 0 saturated carbocycles. The van der Waals surface area contributed by atoms with Crippen molar-refractivity contribution in [1.29, 1.82) is 0 Å². The molecule has 6 nitrogen and oxygen atoms in total. The zero-order valence-electron chi connectivity index (χ0n) is 16.8. The molecular weight excluding hydrogens is 427 g/mol. The predicted molar refractivity (Wildman–Crippen MR) is 109 cm³/mol. The van der Waals surface area contributed by atoms with Crippen LogP contribution in [0.4, 0.5) is 13.2 Å². The number of allylic oxidation sites excluding steroid dienone is 1. The molecule has 1 aromatic rings. The first-order valence-electron chi connectivity index (χ1n) is 8.85. The number of hydrogen-bond donors (Lipinski definition) is 1. The summed E-state index contributed by atoms with van der Waals surface area (Å²) < 4.78 is 48.8. The molecule has 11 heteroatoms. The van der Waals surface area contributed by atoms with Crippen molar-refractivity contribution in [2.75, 3.05) is 19.9 Å². The fourth-order valence-corrected chi connectivity index (χ4v) is 3.03. The SMILES string of the molecule is CCOC(=O)C(N)=C(C=NCOCC[Si](C)(C)C)c1ccc(C(F)(F)F)nc1Cl. The second-order valence-corrected chi connectivity index (χ2v) is 13.2. The molecule has 2 N–H and O–H groups in total. The van der Waals surface area contributed by atoms with Gasteiger partial charge in [-0.2, -0.15) is 13.2 Å². The highest BCUT2D eigenvalue weighted by atomic mass is 35.5. The van der Waals surface area contributed by atoms with Crippen molar-refractivity contribution in [3.8, 4) is 0 Å². The second-order valence-electron chi connectivity index (χ2n) is 7.24. The Balaban J connectivity index is 3.12. The first-order chi connectivity index (χ1) is 13.4. The lowest BCUT2D eigenvalue weighted by molar-refractivity contribution is -0.141. The van der Waals surface area contributed by atoms with Crippen LogP contribution in [0.2, 0.25) is 30.8 Å². The fraction of sp³-hybridized carbons (Fsp3) is 0.500. The summed E-state index contributed by atoms with van der Waals surface area (Å²) in [5.41, 5.74) is 4.36. The highest BCUT2D eigenvalue weighted by Crippen LogP contribution is 2.31. The van der Waals surface area contributed by atoms with E-state index in [4.69, 9.17) is 26.8 Å². The smallest absolute Gasteiger partial charge is 0.433 e. The van der Waals surface area contributed by atoms with Gasteiger partial charge in [-0.1, -0.05) is 31.2 Å². The van der Waals surface area contributed by atoms with Gasteiger partial charge in [0.05, 0.1) is 6.61 Å². The van der Waals surface area contributed by atoms with Crippen molar-refractivity contribution in [2.45, 2.75) is 38.8 Å². The van der Waals surface area contributed by atoms with Crippen molar-refractivity contribution in [3.63, 3.8) is 0 Å². The number of aliphatic imine (C=N–C) groups is 1. The summed E-state index contributed by atoms with van der Waals surface area (Å²) in [5.74, 6) is -0.843. The van der Waals surface area contributed by atoms with Crippen LogP contribution in [0.5, 0.6) is 0 Å². The number of ether oxygens (including phenoxy) is 2. The molecule has 162 valence electrons. The highest BCUT2D eigenvalue weighted by molar-refractivity contribution is 6.76. The summed E-state index contributed by atoms with van der Waals surface area (Å²) in [6.07, 6.45) is -3.44. The number of esters is 1. The third kappa shape index (κ3) is 8.54. The largest absolute Gasteiger partial charge is 0.461 e. The van der Waals surface area contributed by atoms with Crippen LogP contribution in [0.25, 0.3) is 5.57 Å². The minimum atomic E-state index is -4.66. The van der Waals surface area contributed by atoms with E-state index >= 15 is 0 Å². The molecule has 0 aliphatic rings. The number of carbonyl (C=O) groups excluding carboxylic acids is 1. The van der Waals surface area contributed by atoms with Gasteiger partial charge in [0.15, 0.2) is 0 Å². The molecule has 0 aliphatic heterocycles. The monoisotopic (exact) mass is 451 g/mol. The molecule has 0 aromatic carbocycles. The average molecular weight is 452 g/mol. The molecule has 1 heterocycles. The Kier molecular flexibility index (Phi) is 9.31. The molecule has 0 bridgehead atoms. The number of hydrogen-bond acceptors (Lipinski definition) is 6. The van der Waals surface area contributed by atoms with Gasteiger partial charge >= 0.3 is 12.1 Å². The molecule has 1 aromatic heterocycles. The lowest BCUT2D eigenvalue weighted by Crippen LogP contribution is -2.21. The van der Waals surface area contributed by atoms with E-state index in [0.717, 1.165) is 18.2 Å². The van der Waals surface area contributed by atoms with Crippen molar-refractivity contribution < 1.29 is 27.4 Å². The van der Waals surface area contributed by atoms with Gasteiger partial charge in [0.2, 0.25) is 0 Å². The van der Waals surface area contributed by atoms with E-state index in [2.05, 4.69) is 29.6 Å². The lowest BCUT2D eigenvalue weighted by Gasteiger charge is -2.14. The summed E-state index contributed by atoms with van der Waals surface area (Å²) in [4.78, 5) is 19.4. The first-order valence-corrected chi connectivity index (χ1v) is 12.9. The van der Waals surface area contributed by atoms with Crippen LogP contribution in [-0.4, -0.2) is 45.2 Å². The van der Waals surface area contributed by atoms with Gasteiger partial charge in [-0.25, -0.2) is 9.78 Å². The Morgan fingerprint density at radius 3 is 2.52 bits per heavy atom. The Bertz CT molecular complexity index is 778. The van der Waals surface area contributed by atoms with Crippen LogP contribution in [0.1, 0.15) is 18.2 Å². The van der Waals surface area contributed by atoms with Crippen molar-refractivity contribution >= 4 is 37.4 Å². The Morgan fingerprint density at radius 2 is 2.00 bits per heavy atom. The second kappa shape index (κ2) is 10.7. The zero-order valence-corrected chi connectivity index (χ0v) is 18.5. The summed E-state index contributed by atoms with van der Waals surface area (Å²) in [6.45, 7) is 8.82. The van der Waals surface area contributed by atoms with Gasteiger partial charge in [0.25, 0.3) is 0 Å². The number of alkyl halides is 3.